The molecule has 0 aromatic carbocycles. The standard InChI is InChI=1S/C27H44N2O6/c30-24-14-6-5-9-20-28(24)18-7-1-3-10-22-34-26(32)16-12-17-27(33)35-23-11-4-2-8-19-29-21-13-15-25(29)31/h12,16H,1-11,13-15,17-23H2/b16-12-. The summed E-state index contributed by atoms with van der Waals surface area (Å²) in [5, 5.41) is 0. The van der Waals surface area contributed by atoms with Crippen molar-refractivity contribution in [3.05, 3.63) is 12.2 Å². The largest absolute Gasteiger partial charge is 0.465 e. The van der Waals surface area contributed by atoms with Crippen molar-refractivity contribution in [2.45, 2.75) is 96.3 Å². The lowest BCUT2D eigenvalue weighted by Crippen LogP contribution is -2.31. The molecule has 0 atom stereocenters. The molecule has 0 spiro atoms. The van der Waals surface area contributed by atoms with Crippen LogP contribution in [0.25, 0.3) is 0 Å². The second-order valence-electron chi connectivity index (χ2n) is 9.50. The number of hydrogen-bond donors (Lipinski definition) is 0. The molecule has 2 aliphatic rings. The number of hydrogen-bond acceptors (Lipinski definition) is 6. The van der Waals surface area contributed by atoms with Crippen LogP contribution in [0.4, 0.5) is 0 Å². The zero-order valence-electron chi connectivity index (χ0n) is 21.3. The molecule has 0 bridgehead atoms. The maximum atomic E-state index is 12.0. The van der Waals surface area contributed by atoms with Crippen molar-refractivity contribution in [2.75, 3.05) is 39.4 Å². The van der Waals surface area contributed by atoms with Crippen LogP contribution in [-0.4, -0.2) is 72.9 Å². The van der Waals surface area contributed by atoms with E-state index in [9.17, 15) is 19.2 Å². The highest BCUT2D eigenvalue weighted by Gasteiger charge is 2.19. The van der Waals surface area contributed by atoms with Gasteiger partial charge < -0.3 is 19.3 Å². The van der Waals surface area contributed by atoms with Gasteiger partial charge in [0, 0.05) is 45.1 Å². The molecular formula is C27H44N2O6. The summed E-state index contributed by atoms with van der Waals surface area (Å²) in [5.74, 6) is -0.233. The van der Waals surface area contributed by atoms with E-state index in [0.29, 0.717) is 26.1 Å². The Morgan fingerprint density at radius 2 is 1.26 bits per heavy atom. The molecule has 0 aromatic rings. The van der Waals surface area contributed by atoms with Crippen LogP contribution in [0.2, 0.25) is 0 Å². The maximum absolute atomic E-state index is 12.0. The van der Waals surface area contributed by atoms with Crippen molar-refractivity contribution >= 4 is 23.8 Å². The topological polar surface area (TPSA) is 93.2 Å². The summed E-state index contributed by atoms with van der Waals surface area (Å²) in [6.45, 7) is 4.19. The van der Waals surface area contributed by atoms with Gasteiger partial charge in [0.25, 0.3) is 0 Å². The summed E-state index contributed by atoms with van der Waals surface area (Å²) >= 11 is 0. The molecule has 2 aliphatic heterocycles. The molecule has 2 saturated heterocycles. The van der Waals surface area contributed by atoms with Crippen LogP contribution in [0, 0.1) is 0 Å². The highest BCUT2D eigenvalue weighted by molar-refractivity contribution is 5.83. The van der Waals surface area contributed by atoms with Crippen molar-refractivity contribution in [3.8, 4) is 0 Å². The van der Waals surface area contributed by atoms with Crippen molar-refractivity contribution in [1.82, 2.24) is 9.80 Å². The Morgan fingerprint density at radius 3 is 1.89 bits per heavy atom. The van der Waals surface area contributed by atoms with Gasteiger partial charge in [-0.15, -0.1) is 0 Å². The van der Waals surface area contributed by atoms with Gasteiger partial charge in [-0.1, -0.05) is 25.3 Å². The summed E-state index contributed by atoms with van der Waals surface area (Å²) < 4.78 is 10.3. The first-order chi connectivity index (χ1) is 17.1. The van der Waals surface area contributed by atoms with E-state index < -0.39 is 5.97 Å². The maximum Gasteiger partial charge on any atom is 0.330 e. The lowest BCUT2D eigenvalue weighted by molar-refractivity contribution is -0.142. The van der Waals surface area contributed by atoms with Crippen molar-refractivity contribution in [1.29, 1.82) is 0 Å². The fraction of sp³-hybridized carbons (Fsp3) is 0.778. The van der Waals surface area contributed by atoms with Gasteiger partial charge in [0.2, 0.25) is 11.8 Å². The van der Waals surface area contributed by atoms with Crippen LogP contribution < -0.4 is 0 Å². The van der Waals surface area contributed by atoms with Gasteiger partial charge in [0.1, 0.15) is 0 Å². The van der Waals surface area contributed by atoms with E-state index in [1.165, 1.54) is 12.2 Å². The molecule has 8 nitrogen and oxygen atoms in total. The molecule has 8 heteroatoms. The molecule has 0 aliphatic carbocycles. The predicted molar refractivity (Wildman–Crippen MR) is 133 cm³/mol. The molecule has 198 valence electrons. The number of rotatable bonds is 17. The molecular weight excluding hydrogens is 448 g/mol. The lowest BCUT2D eigenvalue weighted by atomic mass is 10.2. The third kappa shape index (κ3) is 13.3. The molecule has 0 saturated carbocycles. The van der Waals surface area contributed by atoms with Crippen molar-refractivity contribution in [2.24, 2.45) is 0 Å². The second kappa shape index (κ2) is 18.0. The minimum absolute atomic E-state index is 0.0569. The van der Waals surface area contributed by atoms with Crippen LogP contribution in [0.3, 0.4) is 0 Å². The summed E-state index contributed by atoms with van der Waals surface area (Å²) in [6.07, 6.45) is 16.0. The van der Waals surface area contributed by atoms with E-state index in [2.05, 4.69) is 0 Å². The van der Waals surface area contributed by atoms with Crippen LogP contribution >= 0.6 is 0 Å². The minimum Gasteiger partial charge on any atom is -0.465 e. The first kappa shape index (κ1) is 28.9. The number of likely N-dealkylation sites (tertiary alicyclic amines) is 2. The van der Waals surface area contributed by atoms with Gasteiger partial charge in [-0.2, -0.15) is 0 Å². The van der Waals surface area contributed by atoms with E-state index in [-0.39, 0.29) is 24.2 Å². The molecule has 0 N–H and O–H groups in total. The van der Waals surface area contributed by atoms with Crippen LogP contribution in [0.5, 0.6) is 0 Å². The van der Waals surface area contributed by atoms with E-state index in [4.69, 9.17) is 9.47 Å². The first-order valence-electron chi connectivity index (χ1n) is 13.6. The monoisotopic (exact) mass is 492 g/mol. The van der Waals surface area contributed by atoms with Crippen LogP contribution in [0.15, 0.2) is 12.2 Å². The Bertz CT molecular complexity index is 693. The van der Waals surface area contributed by atoms with Gasteiger partial charge in [0.05, 0.1) is 19.6 Å². The Kier molecular flexibility index (Phi) is 14.8. The first-order valence-corrected chi connectivity index (χ1v) is 13.6. The minimum atomic E-state index is -0.440. The Labute approximate surface area is 210 Å². The Hall–Kier alpha value is -2.38. The van der Waals surface area contributed by atoms with Crippen LogP contribution in [-0.2, 0) is 28.7 Å². The number of nitrogens with zero attached hydrogens (tertiary/aromatic N) is 2. The predicted octanol–water partition coefficient (Wildman–Crippen LogP) is 4.16. The number of unbranched alkanes of at least 4 members (excludes halogenated alkanes) is 6. The number of ether oxygens (including phenoxy) is 2. The molecule has 2 rings (SSSR count). The van der Waals surface area contributed by atoms with Crippen molar-refractivity contribution in [3.63, 3.8) is 0 Å². The fourth-order valence-corrected chi connectivity index (χ4v) is 4.45. The third-order valence-electron chi connectivity index (χ3n) is 6.53. The number of amides is 2. The molecule has 35 heavy (non-hydrogen) atoms. The third-order valence-corrected chi connectivity index (χ3v) is 6.53. The smallest absolute Gasteiger partial charge is 0.330 e. The second-order valence-corrected chi connectivity index (χ2v) is 9.50. The summed E-state index contributed by atoms with van der Waals surface area (Å²) in [7, 11) is 0. The zero-order valence-corrected chi connectivity index (χ0v) is 21.3. The van der Waals surface area contributed by atoms with Gasteiger partial charge in [0.15, 0.2) is 0 Å². The molecule has 2 heterocycles. The van der Waals surface area contributed by atoms with Gasteiger partial charge in [-0.05, 0) is 57.8 Å². The normalized spacial score (nSPS) is 16.7. The molecule has 0 aromatic heterocycles. The van der Waals surface area contributed by atoms with Gasteiger partial charge in [-0.25, -0.2) is 4.79 Å². The van der Waals surface area contributed by atoms with Crippen molar-refractivity contribution < 1.29 is 28.7 Å². The molecule has 0 radical (unpaired) electrons. The lowest BCUT2D eigenvalue weighted by Gasteiger charge is -2.20. The fourth-order valence-electron chi connectivity index (χ4n) is 4.45. The number of esters is 2. The van der Waals surface area contributed by atoms with Crippen LogP contribution in [0.1, 0.15) is 96.3 Å². The molecule has 0 unspecified atom stereocenters. The zero-order chi connectivity index (χ0) is 25.1. The SMILES string of the molecule is O=C(/C=C\CC(=O)OCCCCCCN1CCCC1=O)OCCCCCCN1CCCCCC1=O. The summed E-state index contributed by atoms with van der Waals surface area (Å²) in [4.78, 5) is 50.9. The van der Waals surface area contributed by atoms with E-state index >= 15 is 0 Å². The summed E-state index contributed by atoms with van der Waals surface area (Å²) in [5.41, 5.74) is 0. The number of carbonyl (C=O) groups excluding carboxylic acids is 4. The van der Waals surface area contributed by atoms with E-state index in [0.717, 1.165) is 103 Å². The van der Waals surface area contributed by atoms with E-state index in [1.54, 1.807) is 0 Å². The molecule has 2 amide bonds. The Morgan fingerprint density at radius 1 is 0.686 bits per heavy atom. The summed E-state index contributed by atoms with van der Waals surface area (Å²) in [6, 6.07) is 0. The molecule has 2 fully saturated rings. The van der Waals surface area contributed by atoms with E-state index in [1.807, 2.05) is 9.80 Å². The highest BCUT2D eigenvalue weighted by Crippen LogP contribution is 2.13. The average molecular weight is 493 g/mol. The van der Waals surface area contributed by atoms with Gasteiger partial charge in [-0.3, -0.25) is 14.4 Å². The Balaban J connectivity index is 1.36. The van der Waals surface area contributed by atoms with Gasteiger partial charge >= 0.3 is 11.9 Å². The average Bonchev–Trinajstić information content (AvgIpc) is 3.13. The quantitative estimate of drug-likeness (QED) is 0.172. The highest BCUT2D eigenvalue weighted by atomic mass is 16.5. The number of carbonyl (C=O) groups is 4.